The Kier molecular flexibility index (Phi) is 4.19. The molecular formula is C11H14FN3O4S. The molecule has 110 valence electrons. The number of hydrogen-bond acceptors (Lipinski definition) is 5. The molecule has 9 heteroatoms. The van der Waals surface area contributed by atoms with E-state index in [1.807, 2.05) is 0 Å². The third-order valence-corrected chi connectivity index (χ3v) is 4.38. The van der Waals surface area contributed by atoms with Gasteiger partial charge in [0, 0.05) is 18.2 Å². The predicted molar refractivity (Wildman–Crippen MR) is 71.5 cm³/mol. The molecule has 0 radical (unpaired) electrons. The monoisotopic (exact) mass is 303 g/mol. The molecule has 1 saturated heterocycles. The van der Waals surface area contributed by atoms with Crippen LogP contribution >= 0.6 is 0 Å². The van der Waals surface area contributed by atoms with Gasteiger partial charge in [0.2, 0.25) is 10.0 Å². The van der Waals surface area contributed by atoms with Crippen LogP contribution in [0.4, 0.5) is 15.8 Å². The van der Waals surface area contributed by atoms with E-state index in [0.29, 0.717) is 0 Å². The second-order valence-electron chi connectivity index (χ2n) is 4.60. The fourth-order valence-electron chi connectivity index (χ4n) is 2.08. The third kappa shape index (κ3) is 3.64. The highest BCUT2D eigenvalue weighted by Crippen LogP contribution is 2.22. The Balaban J connectivity index is 2.15. The van der Waals surface area contributed by atoms with Crippen LogP contribution in [0.15, 0.2) is 18.2 Å². The maximum atomic E-state index is 13.5. The van der Waals surface area contributed by atoms with E-state index in [2.05, 4.69) is 10.0 Å². The zero-order valence-corrected chi connectivity index (χ0v) is 11.3. The van der Waals surface area contributed by atoms with Crippen molar-refractivity contribution in [2.45, 2.75) is 18.9 Å². The number of nitro groups is 1. The normalized spacial score (nSPS) is 18.9. The van der Waals surface area contributed by atoms with E-state index < -0.39 is 26.5 Å². The van der Waals surface area contributed by atoms with Gasteiger partial charge in [-0.2, -0.15) is 0 Å². The number of non-ortho nitro benzene ring substituents is 1. The lowest BCUT2D eigenvalue weighted by Crippen LogP contribution is -2.33. The van der Waals surface area contributed by atoms with E-state index in [-0.39, 0.29) is 17.5 Å². The number of nitrogens with zero attached hydrogens (tertiary/aromatic N) is 1. The van der Waals surface area contributed by atoms with Crippen molar-refractivity contribution in [3.63, 3.8) is 0 Å². The topological polar surface area (TPSA) is 101 Å². The highest BCUT2D eigenvalue weighted by atomic mass is 32.2. The largest absolute Gasteiger partial charge is 0.313 e. The van der Waals surface area contributed by atoms with E-state index in [4.69, 9.17) is 0 Å². The van der Waals surface area contributed by atoms with Crippen molar-refractivity contribution in [2.24, 2.45) is 0 Å². The van der Waals surface area contributed by atoms with Gasteiger partial charge in [0.05, 0.1) is 16.4 Å². The minimum atomic E-state index is -3.76. The molecule has 1 aliphatic rings. The smallest absolute Gasteiger partial charge is 0.271 e. The van der Waals surface area contributed by atoms with Crippen molar-refractivity contribution in [1.82, 2.24) is 5.32 Å². The van der Waals surface area contributed by atoms with E-state index in [9.17, 15) is 22.9 Å². The van der Waals surface area contributed by atoms with Crippen molar-refractivity contribution in [1.29, 1.82) is 0 Å². The van der Waals surface area contributed by atoms with Gasteiger partial charge >= 0.3 is 0 Å². The molecule has 0 aromatic heterocycles. The van der Waals surface area contributed by atoms with Gasteiger partial charge in [-0.3, -0.25) is 14.8 Å². The molecule has 2 rings (SSSR count). The molecule has 7 nitrogen and oxygen atoms in total. The van der Waals surface area contributed by atoms with E-state index in [0.717, 1.165) is 37.6 Å². The maximum Gasteiger partial charge on any atom is 0.271 e. The number of anilines is 1. The summed E-state index contributed by atoms with van der Waals surface area (Å²) in [5.41, 5.74) is -0.778. The summed E-state index contributed by atoms with van der Waals surface area (Å²) in [7, 11) is -3.76. The molecule has 0 saturated carbocycles. The molecule has 1 aromatic carbocycles. The van der Waals surface area contributed by atoms with Crippen LogP contribution in [0.3, 0.4) is 0 Å². The van der Waals surface area contributed by atoms with Gasteiger partial charge in [0.15, 0.2) is 0 Å². The van der Waals surface area contributed by atoms with Crippen LogP contribution in [0, 0.1) is 15.9 Å². The van der Waals surface area contributed by atoms with Gasteiger partial charge in [-0.1, -0.05) is 0 Å². The molecule has 1 aliphatic heterocycles. The minimum absolute atomic E-state index is 0.172. The van der Waals surface area contributed by atoms with Crippen LogP contribution in [-0.4, -0.2) is 31.7 Å². The summed E-state index contributed by atoms with van der Waals surface area (Å²) in [6.45, 7) is 0.755. The Morgan fingerprint density at radius 1 is 1.50 bits per heavy atom. The molecule has 1 atom stereocenters. The lowest BCUT2D eigenvalue weighted by molar-refractivity contribution is -0.384. The lowest BCUT2D eigenvalue weighted by Gasteiger charge is -2.13. The second-order valence-corrected chi connectivity index (χ2v) is 6.36. The molecule has 0 amide bonds. The molecule has 1 heterocycles. The maximum absolute atomic E-state index is 13.5. The minimum Gasteiger partial charge on any atom is -0.313 e. The molecular weight excluding hydrogens is 289 g/mol. The van der Waals surface area contributed by atoms with Crippen molar-refractivity contribution in [2.75, 3.05) is 17.0 Å². The van der Waals surface area contributed by atoms with Crippen LogP contribution in [0.1, 0.15) is 12.8 Å². The highest BCUT2D eigenvalue weighted by molar-refractivity contribution is 7.92. The van der Waals surface area contributed by atoms with Gasteiger partial charge in [-0.15, -0.1) is 0 Å². The highest BCUT2D eigenvalue weighted by Gasteiger charge is 2.23. The molecule has 1 unspecified atom stereocenters. The Bertz CT molecular complexity index is 614. The quantitative estimate of drug-likeness (QED) is 0.629. The molecule has 2 N–H and O–H groups in total. The lowest BCUT2D eigenvalue weighted by atomic mass is 10.3. The SMILES string of the molecule is O=[N+]([O-])c1ccc(F)c(NS(=O)(=O)CC2CCCN2)c1. The van der Waals surface area contributed by atoms with Gasteiger partial charge in [0.1, 0.15) is 5.82 Å². The first-order valence-electron chi connectivity index (χ1n) is 6.05. The van der Waals surface area contributed by atoms with Crippen LogP contribution < -0.4 is 10.0 Å². The third-order valence-electron chi connectivity index (χ3n) is 3.01. The Labute approximate surface area is 115 Å². The molecule has 0 spiro atoms. The fourth-order valence-corrected chi connectivity index (χ4v) is 3.47. The van der Waals surface area contributed by atoms with Gasteiger partial charge in [-0.05, 0) is 25.5 Å². The summed E-state index contributed by atoms with van der Waals surface area (Å²) in [5.74, 6) is -1.03. The summed E-state index contributed by atoms with van der Waals surface area (Å²) in [6.07, 6.45) is 1.63. The van der Waals surface area contributed by atoms with Crippen LogP contribution in [0.5, 0.6) is 0 Å². The average molecular weight is 303 g/mol. The first-order chi connectivity index (χ1) is 9.37. The average Bonchev–Trinajstić information content (AvgIpc) is 2.83. The second kappa shape index (κ2) is 5.71. The number of sulfonamides is 1. The predicted octanol–water partition coefficient (Wildman–Crippen LogP) is 1.23. The number of rotatable bonds is 5. The zero-order valence-electron chi connectivity index (χ0n) is 10.5. The van der Waals surface area contributed by atoms with Gasteiger partial charge in [-0.25, -0.2) is 12.8 Å². The molecule has 1 fully saturated rings. The number of nitro benzene ring substituents is 1. The van der Waals surface area contributed by atoms with E-state index >= 15 is 0 Å². The van der Waals surface area contributed by atoms with Gasteiger partial charge in [0.25, 0.3) is 5.69 Å². The van der Waals surface area contributed by atoms with Crippen molar-refractivity contribution in [3.05, 3.63) is 34.1 Å². The molecule has 20 heavy (non-hydrogen) atoms. The molecule has 0 bridgehead atoms. The number of hydrogen-bond donors (Lipinski definition) is 2. The van der Waals surface area contributed by atoms with Crippen molar-refractivity contribution < 1.29 is 17.7 Å². The Morgan fingerprint density at radius 3 is 2.85 bits per heavy atom. The number of benzene rings is 1. The van der Waals surface area contributed by atoms with Gasteiger partial charge < -0.3 is 5.32 Å². The van der Waals surface area contributed by atoms with Crippen LogP contribution in [0.2, 0.25) is 0 Å². The fraction of sp³-hybridized carbons (Fsp3) is 0.455. The molecule has 0 aliphatic carbocycles. The van der Waals surface area contributed by atoms with Crippen LogP contribution in [0.25, 0.3) is 0 Å². The molecule has 1 aromatic rings. The number of nitrogens with one attached hydrogen (secondary N) is 2. The summed E-state index contributed by atoms with van der Waals surface area (Å²) in [6, 6.07) is 2.54. The van der Waals surface area contributed by atoms with Crippen molar-refractivity contribution >= 4 is 21.4 Å². The first-order valence-corrected chi connectivity index (χ1v) is 7.70. The first kappa shape index (κ1) is 14.7. The van der Waals surface area contributed by atoms with E-state index in [1.54, 1.807) is 0 Å². The summed E-state index contributed by atoms with van der Waals surface area (Å²) in [5, 5.41) is 13.6. The van der Waals surface area contributed by atoms with E-state index in [1.165, 1.54) is 0 Å². The Hall–Kier alpha value is -1.74. The summed E-state index contributed by atoms with van der Waals surface area (Å²) in [4.78, 5) is 9.89. The summed E-state index contributed by atoms with van der Waals surface area (Å²) < 4.78 is 39.4. The standard InChI is InChI=1S/C11H14FN3O4S/c12-10-4-3-9(15(16)17)6-11(10)14-20(18,19)7-8-2-1-5-13-8/h3-4,6,8,13-14H,1-2,5,7H2. The Morgan fingerprint density at radius 2 is 2.25 bits per heavy atom. The zero-order chi connectivity index (χ0) is 14.8. The van der Waals surface area contributed by atoms with Crippen molar-refractivity contribution in [3.8, 4) is 0 Å². The summed E-state index contributed by atoms with van der Waals surface area (Å²) >= 11 is 0. The van der Waals surface area contributed by atoms with Crippen LogP contribution in [-0.2, 0) is 10.0 Å². The number of halogens is 1.